The van der Waals surface area contributed by atoms with E-state index in [2.05, 4.69) is 0 Å². The van der Waals surface area contributed by atoms with Crippen LogP contribution in [0.1, 0.15) is 25.7 Å². The van der Waals surface area contributed by atoms with Gasteiger partial charge in [-0.3, -0.25) is 4.79 Å². The molecule has 2 N–H and O–H groups in total. The minimum Gasteiger partial charge on any atom is -0.493 e. The highest BCUT2D eigenvalue weighted by Crippen LogP contribution is 2.25. The summed E-state index contributed by atoms with van der Waals surface area (Å²) >= 11 is 0. The lowest BCUT2D eigenvalue weighted by Crippen LogP contribution is -2.33. The van der Waals surface area contributed by atoms with E-state index in [1.807, 2.05) is 0 Å². The van der Waals surface area contributed by atoms with Crippen LogP contribution in [0.4, 0.5) is 0 Å². The molecule has 2 unspecified atom stereocenters. The molecule has 1 fully saturated rings. The van der Waals surface area contributed by atoms with Gasteiger partial charge in [0.25, 0.3) is 0 Å². The van der Waals surface area contributed by atoms with E-state index in [1.54, 1.807) is 30.1 Å². The van der Waals surface area contributed by atoms with Gasteiger partial charge in [0.1, 0.15) is 5.75 Å². The van der Waals surface area contributed by atoms with Gasteiger partial charge in [0.2, 0.25) is 5.91 Å². The molecule has 7 heteroatoms. The highest BCUT2D eigenvalue weighted by molar-refractivity contribution is 7.90. The molecule has 0 aliphatic heterocycles. The van der Waals surface area contributed by atoms with Gasteiger partial charge in [-0.2, -0.15) is 0 Å². The Morgan fingerprint density at radius 1 is 1.38 bits per heavy atom. The summed E-state index contributed by atoms with van der Waals surface area (Å²) in [6.45, 7) is 1.03. The van der Waals surface area contributed by atoms with Crippen LogP contribution in [-0.2, 0) is 14.6 Å². The summed E-state index contributed by atoms with van der Waals surface area (Å²) in [4.78, 5) is 14.2. The Morgan fingerprint density at radius 3 is 2.75 bits per heavy atom. The summed E-state index contributed by atoms with van der Waals surface area (Å²) in [6.07, 6.45) is 4.42. The van der Waals surface area contributed by atoms with Crippen LogP contribution >= 0.6 is 0 Å². The molecule has 24 heavy (non-hydrogen) atoms. The molecule has 0 heterocycles. The van der Waals surface area contributed by atoms with Gasteiger partial charge < -0.3 is 15.4 Å². The number of ether oxygens (including phenoxy) is 1. The first kappa shape index (κ1) is 18.7. The fourth-order valence-corrected chi connectivity index (χ4v) is 3.60. The van der Waals surface area contributed by atoms with Crippen LogP contribution in [0.3, 0.4) is 0 Å². The molecular formula is C17H26N2O4S. The molecule has 1 aromatic carbocycles. The summed E-state index contributed by atoms with van der Waals surface area (Å²) in [5.74, 6) is 0.730. The summed E-state index contributed by atoms with van der Waals surface area (Å²) in [7, 11) is -1.44. The average molecular weight is 354 g/mol. The van der Waals surface area contributed by atoms with Crippen molar-refractivity contribution >= 4 is 15.7 Å². The first-order chi connectivity index (χ1) is 11.3. The largest absolute Gasteiger partial charge is 0.493 e. The quantitative estimate of drug-likeness (QED) is 0.749. The molecule has 134 valence electrons. The van der Waals surface area contributed by atoms with E-state index >= 15 is 0 Å². The van der Waals surface area contributed by atoms with Crippen LogP contribution in [-0.4, -0.2) is 51.7 Å². The first-order valence-electron chi connectivity index (χ1n) is 8.21. The van der Waals surface area contributed by atoms with Crippen molar-refractivity contribution in [3.05, 3.63) is 24.3 Å². The number of carbonyl (C=O) groups is 1. The van der Waals surface area contributed by atoms with Crippen molar-refractivity contribution in [3.8, 4) is 5.75 Å². The lowest BCUT2D eigenvalue weighted by molar-refractivity contribution is -0.134. The van der Waals surface area contributed by atoms with Gasteiger partial charge in [-0.1, -0.05) is 6.07 Å². The molecule has 1 saturated carbocycles. The SMILES string of the molecule is CN(CCCOc1cccc(S(C)(=O)=O)c1)C(=O)C1CCC(N)C1. The number of amides is 1. The Balaban J connectivity index is 1.75. The van der Waals surface area contributed by atoms with Crippen molar-refractivity contribution in [2.75, 3.05) is 26.5 Å². The van der Waals surface area contributed by atoms with Gasteiger partial charge >= 0.3 is 0 Å². The van der Waals surface area contributed by atoms with Gasteiger partial charge in [0.05, 0.1) is 11.5 Å². The third kappa shape index (κ3) is 5.21. The lowest BCUT2D eigenvalue weighted by Gasteiger charge is -2.21. The molecule has 2 atom stereocenters. The van der Waals surface area contributed by atoms with E-state index in [4.69, 9.17) is 10.5 Å². The average Bonchev–Trinajstić information content (AvgIpc) is 2.96. The summed E-state index contributed by atoms with van der Waals surface area (Å²) in [6, 6.07) is 6.59. The molecule has 6 nitrogen and oxygen atoms in total. The normalized spacial score (nSPS) is 20.8. The van der Waals surface area contributed by atoms with Crippen LogP contribution in [0, 0.1) is 5.92 Å². The number of carbonyl (C=O) groups excluding carboxylic acids is 1. The highest BCUT2D eigenvalue weighted by Gasteiger charge is 2.29. The van der Waals surface area contributed by atoms with Crippen molar-refractivity contribution in [2.24, 2.45) is 11.7 Å². The van der Waals surface area contributed by atoms with Gasteiger partial charge in [-0.25, -0.2) is 8.42 Å². The van der Waals surface area contributed by atoms with Crippen LogP contribution < -0.4 is 10.5 Å². The molecule has 2 rings (SSSR count). The Hall–Kier alpha value is -1.60. The van der Waals surface area contributed by atoms with E-state index in [9.17, 15) is 13.2 Å². The summed E-state index contributed by atoms with van der Waals surface area (Å²) in [5, 5.41) is 0. The number of rotatable bonds is 7. The fraction of sp³-hybridized carbons (Fsp3) is 0.588. The first-order valence-corrected chi connectivity index (χ1v) is 10.1. The zero-order valence-corrected chi connectivity index (χ0v) is 15.1. The monoisotopic (exact) mass is 354 g/mol. The van der Waals surface area contributed by atoms with E-state index < -0.39 is 9.84 Å². The van der Waals surface area contributed by atoms with Crippen LogP contribution in [0.2, 0.25) is 0 Å². The van der Waals surface area contributed by atoms with Gasteiger partial charge in [-0.05, 0) is 43.9 Å². The number of benzene rings is 1. The van der Waals surface area contributed by atoms with Crippen LogP contribution in [0.25, 0.3) is 0 Å². The van der Waals surface area contributed by atoms with Crippen LogP contribution in [0.5, 0.6) is 5.75 Å². The summed E-state index contributed by atoms with van der Waals surface area (Å²) < 4.78 is 28.6. The van der Waals surface area contributed by atoms with Crippen molar-refractivity contribution in [1.29, 1.82) is 0 Å². The van der Waals surface area contributed by atoms with Crippen molar-refractivity contribution < 1.29 is 17.9 Å². The van der Waals surface area contributed by atoms with E-state index in [1.165, 1.54) is 12.3 Å². The molecule has 0 aromatic heterocycles. The topological polar surface area (TPSA) is 89.7 Å². The van der Waals surface area contributed by atoms with Crippen molar-refractivity contribution in [2.45, 2.75) is 36.6 Å². The van der Waals surface area contributed by atoms with Crippen molar-refractivity contribution in [1.82, 2.24) is 4.90 Å². The maximum atomic E-state index is 12.3. The molecular weight excluding hydrogens is 328 g/mol. The summed E-state index contributed by atoms with van der Waals surface area (Å²) in [5.41, 5.74) is 5.86. The molecule has 1 aliphatic rings. The molecule has 0 saturated heterocycles. The number of nitrogens with zero attached hydrogens (tertiary/aromatic N) is 1. The molecule has 0 spiro atoms. The second-order valence-electron chi connectivity index (χ2n) is 6.48. The Morgan fingerprint density at radius 2 is 2.12 bits per heavy atom. The number of nitrogens with two attached hydrogens (primary N) is 1. The molecule has 0 radical (unpaired) electrons. The maximum Gasteiger partial charge on any atom is 0.225 e. The lowest BCUT2D eigenvalue weighted by atomic mass is 10.1. The molecule has 1 aromatic rings. The van der Waals surface area contributed by atoms with E-state index in [-0.39, 0.29) is 22.8 Å². The molecule has 1 aliphatic carbocycles. The minimum absolute atomic E-state index is 0.0531. The molecule has 0 bridgehead atoms. The van der Waals surface area contributed by atoms with Gasteiger partial charge in [0.15, 0.2) is 9.84 Å². The Kier molecular flexibility index (Phi) is 6.23. The second kappa shape index (κ2) is 7.98. The predicted octanol–water partition coefficient (Wildman–Crippen LogP) is 1.44. The Labute approximate surface area is 143 Å². The predicted molar refractivity (Wildman–Crippen MR) is 92.6 cm³/mol. The fourth-order valence-electron chi connectivity index (χ4n) is 2.95. The third-order valence-electron chi connectivity index (χ3n) is 4.34. The molecule has 1 amide bonds. The second-order valence-corrected chi connectivity index (χ2v) is 8.49. The number of hydrogen-bond acceptors (Lipinski definition) is 5. The number of hydrogen-bond donors (Lipinski definition) is 1. The zero-order chi connectivity index (χ0) is 17.7. The maximum absolute atomic E-state index is 12.3. The smallest absolute Gasteiger partial charge is 0.225 e. The number of sulfone groups is 1. The van der Waals surface area contributed by atoms with Gasteiger partial charge in [-0.15, -0.1) is 0 Å². The standard InChI is InChI=1S/C17H26N2O4S/c1-19(17(20)13-7-8-14(18)11-13)9-4-10-23-15-5-3-6-16(12-15)24(2,21)22/h3,5-6,12-14H,4,7-11,18H2,1-2H3. The van der Waals surface area contributed by atoms with Crippen molar-refractivity contribution in [3.63, 3.8) is 0 Å². The van der Waals surface area contributed by atoms with Gasteiger partial charge in [0, 0.05) is 31.8 Å². The highest BCUT2D eigenvalue weighted by atomic mass is 32.2. The van der Waals surface area contributed by atoms with E-state index in [0.717, 1.165) is 19.3 Å². The Bertz CT molecular complexity index is 675. The third-order valence-corrected chi connectivity index (χ3v) is 5.45. The van der Waals surface area contributed by atoms with E-state index in [0.29, 0.717) is 25.3 Å². The minimum atomic E-state index is -3.24. The zero-order valence-electron chi connectivity index (χ0n) is 14.3. The van der Waals surface area contributed by atoms with Crippen LogP contribution in [0.15, 0.2) is 29.2 Å².